The van der Waals surface area contributed by atoms with Crippen LogP contribution in [0.5, 0.6) is 0 Å². The van der Waals surface area contributed by atoms with E-state index in [0.717, 1.165) is 17.9 Å². The molecule has 2 fully saturated rings. The fourth-order valence-electron chi connectivity index (χ4n) is 4.42. The molecule has 2 aliphatic rings. The highest BCUT2D eigenvalue weighted by Crippen LogP contribution is 2.43. The van der Waals surface area contributed by atoms with E-state index in [1.54, 1.807) is 0 Å². The molecule has 0 spiro atoms. The lowest BCUT2D eigenvalue weighted by atomic mass is 9.78. The predicted molar refractivity (Wildman–Crippen MR) is 79.8 cm³/mol. The first-order valence-corrected chi connectivity index (χ1v) is 8.33. The third-order valence-electron chi connectivity index (χ3n) is 5.21. The molecule has 2 atom stereocenters. The standard InChI is InChI=1S/C17H33N/c1-14(2)12-17(9-4-5-10-17)13-18-16-8-6-7-15(3)11-16/h14-16,18H,4-13H2,1-3H3. The minimum absolute atomic E-state index is 0.648. The molecule has 0 heterocycles. The number of hydrogen-bond acceptors (Lipinski definition) is 1. The van der Waals surface area contributed by atoms with Crippen LogP contribution in [0.3, 0.4) is 0 Å². The quantitative estimate of drug-likeness (QED) is 0.743. The molecule has 1 N–H and O–H groups in total. The molecule has 2 aliphatic carbocycles. The van der Waals surface area contributed by atoms with Gasteiger partial charge in [-0.05, 0) is 49.4 Å². The summed E-state index contributed by atoms with van der Waals surface area (Å²) < 4.78 is 0. The molecule has 0 aromatic carbocycles. The molecule has 0 bridgehead atoms. The molecule has 0 amide bonds. The highest BCUT2D eigenvalue weighted by molar-refractivity contribution is 4.89. The zero-order valence-corrected chi connectivity index (χ0v) is 12.8. The van der Waals surface area contributed by atoms with Crippen molar-refractivity contribution < 1.29 is 0 Å². The minimum atomic E-state index is 0.648. The molecule has 0 aliphatic heterocycles. The smallest absolute Gasteiger partial charge is 0.00698 e. The Morgan fingerprint density at radius 1 is 1.11 bits per heavy atom. The summed E-state index contributed by atoms with van der Waals surface area (Å²) in [6.07, 6.45) is 13.0. The first-order chi connectivity index (χ1) is 8.60. The van der Waals surface area contributed by atoms with Gasteiger partial charge in [0.2, 0.25) is 0 Å². The lowest BCUT2D eigenvalue weighted by Crippen LogP contribution is -2.41. The second-order valence-electron chi connectivity index (χ2n) is 7.65. The Bertz CT molecular complexity index is 240. The third kappa shape index (κ3) is 3.98. The van der Waals surface area contributed by atoms with Crippen molar-refractivity contribution >= 4 is 0 Å². The van der Waals surface area contributed by atoms with Gasteiger partial charge in [-0.15, -0.1) is 0 Å². The van der Waals surface area contributed by atoms with E-state index in [4.69, 9.17) is 0 Å². The van der Waals surface area contributed by atoms with Crippen LogP contribution in [0.2, 0.25) is 0 Å². The lowest BCUT2D eigenvalue weighted by Gasteiger charge is -2.35. The minimum Gasteiger partial charge on any atom is -0.313 e. The summed E-state index contributed by atoms with van der Waals surface area (Å²) in [6.45, 7) is 8.50. The summed E-state index contributed by atoms with van der Waals surface area (Å²) in [5, 5.41) is 3.94. The van der Waals surface area contributed by atoms with Crippen LogP contribution in [-0.4, -0.2) is 12.6 Å². The van der Waals surface area contributed by atoms with Crippen molar-refractivity contribution in [3.8, 4) is 0 Å². The largest absolute Gasteiger partial charge is 0.313 e. The van der Waals surface area contributed by atoms with Crippen molar-refractivity contribution in [1.29, 1.82) is 0 Å². The third-order valence-corrected chi connectivity index (χ3v) is 5.21. The average molecular weight is 251 g/mol. The van der Waals surface area contributed by atoms with Gasteiger partial charge < -0.3 is 5.32 Å². The SMILES string of the molecule is CC(C)CC1(CNC2CCCC(C)C2)CCCC1. The fraction of sp³-hybridized carbons (Fsp3) is 1.00. The Kier molecular flexibility index (Phi) is 5.12. The van der Waals surface area contributed by atoms with Crippen LogP contribution in [0.25, 0.3) is 0 Å². The van der Waals surface area contributed by atoms with Crippen molar-refractivity contribution in [2.24, 2.45) is 17.3 Å². The summed E-state index contributed by atoms with van der Waals surface area (Å²) in [4.78, 5) is 0. The maximum absolute atomic E-state index is 3.94. The average Bonchev–Trinajstić information content (AvgIpc) is 2.75. The van der Waals surface area contributed by atoms with Gasteiger partial charge in [-0.2, -0.15) is 0 Å². The van der Waals surface area contributed by atoms with Crippen LogP contribution in [0, 0.1) is 17.3 Å². The van der Waals surface area contributed by atoms with Crippen molar-refractivity contribution in [2.45, 2.75) is 84.6 Å². The predicted octanol–water partition coefficient (Wildman–Crippen LogP) is 4.76. The van der Waals surface area contributed by atoms with Gasteiger partial charge in [-0.1, -0.05) is 46.5 Å². The van der Waals surface area contributed by atoms with E-state index in [9.17, 15) is 0 Å². The summed E-state index contributed by atoms with van der Waals surface area (Å²) in [5.74, 6) is 1.80. The van der Waals surface area contributed by atoms with E-state index in [1.165, 1.54) is 64.3 Å². The summed E-state index contributed by atoms with van der Waals surface area (Å²) in [6, 6.07) is 0.818. The second-order valence-corrected chi connectivity index (χ2v) is 7.65. The van der Waals surface area contributed by atoms with Crippen LogP contribution in [0.15, 0.2) is 0 Å². The zero-order valence-electron chi connectivity index (χ0n) is 12.8. The van der Waals surface area contributed by atoms with Gasteiger partial charge in [0.25, 0.3) is 0 Å². The molecule has 2 rings (SSSR count). The molecular formula is C17H33N. The highest BCUT2D eigenvalue weighted by atomic mass is 14.9. The van der Waals surface area contributed by atoms with Crippen molar-refractivity contribution in [1.82, 2.24) is 5.32 Å². The monoisotopic (exact) mass is 251 g/mol. The maximum atomic E-state index is 3.94. The van der Waals surface area contributed by atoms with Crippen molar-refractivity contribution in [3.63, 3.8) is 0 Å². The summed E-state index contributed by atoms with van der Waals surface area (Å²) >= 11 is 0. The van der Waals surface area contributed by atoms with Crippen LogP contribution in [-0.2, 0) is 0 Å². The zero-order chi connectivity index (χ0) is 13.0. The van der Waals surface area contributed by atoms with Gasteiger partial charge in [0.05, 0.1) is 0 Å². The van der Waals surface area contributed by atoms with E-state index in [2.05, 4.69) is 26.1 Å². The Balaban J connectivity index is 1.82. The molecule has 0 aromatic rings. The first-order valence-electron chi connectivity index (χ1n) is 8.33. The number of rotatable bonds is 5. The Morgan fingerprint density at radius 2 is 1.83 bits per heavy atom. The van der Waals surface area contributed by atoms with E-state index >= 15 is 0 Å². The van der Waals surface area contributed by atoms with Crippen LogP contribution >= 0.6 is 0 Å². The lowest BCUT2D eigenvalue weighted by molar-refractivity contribution is 0.197. The molecule has 0 radical (unpaired) electrons. The van der Waals surface area contributed by atoms with Crippen LogP contribution < -0.4 is 5.32 Å². The normalized spacial score (nSPS) is 32.0. The van der Waals surface area contributed by atoms with Gasteiger partial charge in [-0.25, -0.2) is 0 Å². The van der Waals surface area contributed by atoms with Gasteiger partial charge in [0.15, 0.2) is 0 Å². The van der Waals surface area contributed by atoms with Gasteiger partial charge >= 0.3 is 0 Å². The number of hydrogen-bond donors (Lipinski definition) is 1. The van der Waals surface area contributed by atoms with Gasteiger partial charge in [0.1, 0.15) is 0 Å². The van der Waals surface area contributed by atoms with E-state index in [1.807, 2.05) is 0 Å². The van der Waals surface area contributed by atoms with Crippen LogP contribution in [0.1, 0.15) is 78.6 Å². The topological polar surface area (TPSA) is 12.0 Å². The Labute approximate surface area is 114 Å². The van der Waals surface area contributed by atoms with E-state index in [0.29, 0.717) is 5.41 Å². The molecule has 2 saturated carbocycles. The van der Waals surface area contributed by atoms with Gasteiger partial charge in [0, 0.05) is 12.6 Å². The molecule has 0 aromatic heterocycles. The molecule has 2 unspecified atom stereocenters. The van der Waals surface area contributed by atoms with Gasteiger partial charge in [-0.3, -0.25) is 0 Å². The molecular weight excluding hydrogens is 218 g/mol. The Hall–Kier alpha value is -0.0400. The summed E-state index contributed by atoms with van der Waals surface area (Å²) in [7, 11) is 0. The maximum Gasteiger partial charge on any atom is 0.00698 e. The molecule has 0 saturated heterocycles. The second kappa shape index (κ2) is 6.41. The fourth-order valence-corrected chi connectivity index (χ4v) is 4.42. The Morgan fingerprint density at radius 3 is 2.44 bits per heavy atom. The molecule has 1 heteroatoms. The first kappa shape index (κ1) is 14.4. The molecule has 106 valence electrons. The van der Waals surface area contributed by atoms with Crippen molar-refractivity contribution in [2.75, 3.05) is 6.54 Å². The molecule has 1 nitrogen and oxygen atoms in total. The van der Waals surface area contributed by atoms with Crippen LogP contribution in [0.4, 0.5) is 0 Å². The van der Waals surface area contributed by atoms with E-state index < -0.39 is 0 Å². The van der Waals surface area contributed by atoms with Crippen molar-refractivity contribution in [3.05, 3.63) is 0 Å². The summed E-state index contributed by atoms with van der Waals surface area (Å²) in [5.41, 5.74) is 0.648. The highest BCUT2D eigenvalue weighted by Gasteiger charge is 2.34. The number of nitrogens with one attached hydrogen (secondary N) is 1. The molecule has 18 heavy (non-hydrogen) atoms. The van der Waals surface area contributed by atoms with E-state index in [-0.39, 0.29) is 0 Å².